The maximum absolute atomic E-state index is 12.1. The molecule has 1 aliphatic carbocycles. The van der Waals surface area contributed by atoms with Gasteiger partial charge in [-0.15, -0.1) is 0 Å². The van der Waals surface area contributed by atoms with Crippen LogP contribution in [0.25, 0.3) is 0 Å². The zero-order valence-electron chi connectivity index (χ0n) is 10.8. The first-order valence-electron chi connectivity index (χ1n) is 6.08. The fourth-order valence-electron chi connectivity index (χ4n) is 1.94. The number of halogens is 3. The van der Waals surface area contributed by atoms with Gasteiger partial charge in [-0.25, -0.2) is 0 Å². The van der Waals surface area contributed by atoms with Crippen LogP contribution < -0.4 is 5.32 Å². The number of nitrogens with one attached hydrogen (secondary N) is 1. The lowest BCUT2D eigenvalue weighted by Gasteiger charge is -2.42. The average Bonchev–Trinajstić information content (AvgIpc) is 2.04. The van der Waals surface area contributed by atoms with E-state index in [9.17, 15) is 13.2 Å². The molecular weight excluding hydrogens is 231 g/mol. The van der Waals surface area contributed by atoms with Gasteiger partial charge in [-0.3, -0.25) is 0 Å². The van der Waals surface area contributed by atoms with Gasteiger partial charge in [0.15, 0.2) is 0 Å². The highest BCUT2D eigenvalue weighted by molar-refractivity contribution is 4.91. The zero-order chi connectivity index (χ0) is 13.2. The molecule has 0 amide bonds. The Hall–Kier alpha value is -0.290. The van der Waals surface area contributed by atoms with E-state index in [1.807, 2.05) is 20.8 Å². The maximum Gasteiger partial charge on any atom is 0.411 e. The van der Waals surface area contributed by atoms with Crippen molar-refractivity contribution in [1.29, 1.82) is 0 Å². The Morgan fingerprint density at radius 2 is 1.76 bits per heavy atom. The Morgan fingerprint density at radius 1 is 1.18 bits per heavy atom. The van der Waals surface area contributed by atoms with Crippen LogP contribution in [0.4, 0.5) is 13.2 Å². The minimum absolute atomic E-state index is 0.00500. The number of hydrogen-bond donors (Lipinski definition) is 1. The number of ether oxygens (including phenoxy) is 1. The number of alkyl halides is 3. The minimum atomic E-state index is -4.22. The summed E-state index contributed by atoms with van der Waals surface area (Å²) >= 11 is 0. The summed E-state index contributed by atoms with van der Waals surface area (Å²) in [5, 5.41) is 3.28. The highest BCUT2D eigenvalue weighted by Gasteiger charge is 2.41. The summed E-state index contributed by atoms with van der Waals surface area (Å²) in [6.45, 7) is 5.69. The SMILES string of the molecule is CC(C)(C)NCCC1(OCC(F)(F)F)CCC1. The Labute approximate surface area is 101 Å². The van der Waals surface area contributed by atoms with E-state index < -0.39 is 18.4 Å². The molecule has 1 aliphatic rings. The van der Waals surface area contributed by atoms with Gasteiger partial charge in [0.2, 0.25) is 0 Å². The molecule has 17 heavy (non-hydrogen) atoms. The van der Waals surface area contributed by atoms with Gasteiger partial charge in [0.1, 0.15) is 6.61 Å². The molecule has 0 aromatic rings. The molecule has 1 rings (SSSR count). The molecule has 0 heterocycles. The molecule has 1 fully saturated rings. The fraction of sp³-hybridized carbons (Fsp3) is 1.00. The van der Waals surface area contributed by atoms with E-state index in [0.29, 0.717) is 13.0 Å². The van der Waals surface area contributed by atoms with Crippen molar-refractivity contribution in [3.05, 3.63) is 0 Å². The summed E-state index contributed by atoms with van der Waals surface area (Å²) in [7, 11) is 0. The quantitative estimate of drug-likeness (QED) is 0.812. The first kappa shape index (κ1) is 14.8. The average molecular weight is 253 g/mol. The zero-order valence-corrected chi connectivity index (χ0v) is 10.8. The lowest BCUT2D eigenvalue weighted by molar-refractivity contribution is -0.221. The van der Waals surface area contributed by atoms with Crippen molar-refractivity contribution in [2.24, 2.45) is 0 Å². The third kappa shape index (κ3) is 5.73. The van der Waals surface area contributed by atoms with Crippen molar-refractivity contribution < 1.29 is 17.9 Å². The van der Waals surface area contributed by atoms with Crippen molar-refractivity contribution in [2.45, 2.75) is 63.8 Å². The Kier molecular flexibility index (Phi) is 4.47. The van der Waals surface area contributed by atoms with Crippen LogP contribution in [0.2, 0.25) is 0 Å². The molecule has 0 bridgehead atoms. The summed E-state index contributed by atoms with van der Waals surface area (Å²) < 4.78 is 41.4. The van der Waals surface area contributed by atoms with E-state index in [1.165, 1.54) is 0 Å². The Bertz CT molecular complexity index is 241. The largest absolute Gasteiger partial charge is 0.411 e. The van der Waals surface area contributed by atoms with Crippen LogP contribution in [0.3, 0.4) is 0 Å². The van der Waals surface area contributed by atoms with E-state index in [0.717, 1.165) is 19.3 Å². The monoisotopic (exact) mass is 253 g/mol. The third-order valence-electron chi connectivity index (χ3n) is 3.04. The summed E-state index contributed by atoms with van der Waals surface area (Å²) in [5.41, 5.74) is -0.539. The predicted octanol–water partition coefficient (Wildman–Crippen LogP) is 3.27. The van der Waals surface area contributed by atoms with E-state index in [-0.39, 0.29) is 5.54 Å². The molecule has 0 spiro atoms. The van der Waals surface area contributed by atoms with E-state index in [4.69, 9.17) is 4.74 Å². The van der Waals surface area contributed by atoms with Gasteiger partial charge in [0.25, 0.3) is 0 Å². The molecule has 0 saturated heterocycles. The highest BCUT2D eigenvalue weighted by Crippen LogP contribution is 2.39. The van der Waals surface area contributed by atoms with Gasteiger partial charge in [0.05, 0.1) is 5.60 Å². The molecule has 5 heteroatoms. The molecule has 0 radical (unpaired) electrons. The van der Waals surface area contributed by atoms with Crippen LogP contribution in [0, 0.1) is 0 Å². The fourth-order valence-corrected chi connectivity index (χ4v) is 1.94. The molecule has 0 unspecified atom stereocenters. The smallest absolute Gasteiger partial charge is 0.366 e. The van der Waals surface area contributed by atoms with Crippen LogP contribution in [0.15, 0.2) is 0 Å². The number of rotatable bonds is 5. The summed E-state index contributed by atoms with van der Waals surface area (Å²) in [5.74, 6) is 0. The summed E-state index contributed by atoms with van der Waals surface area (Å²) in [4.78, 5) is 0. The summed E-state index contributed by atoms with van der Waals surface area (Å²) in [6, 6.07) is 0. The van der Waals surface area contributed by atoms with Gasteiger partial charge >= 0.3 is 6.18 Å². The molecule has 0 aromatic heterocycles. The first-order chi connectivity index (χ1) is 7.62. The molecule has 1 saturated carbocycles. The second kappa shape index (κ2) is 5.14. The molecule has 102 valence electrons. The van der Waals surface area contributed by atoms with Gasteiger partial charge in [-0.1, -0.05) is 0 Å². The summed E-state index contributed by atoms with van der Waals surface area (Å²) in [6.07, 6.45) is -1.11. The topological polar surface area (TPSA) is 21.3 Å². The molecule has 1 N–H and O–H groups in total. The lowest BCUT2D eigenvalue weighted by Crippen LogP contribution is -2.46. The van der Waals surface area contributed by atoms with Crippen molar-refractivity contribution in [2.75, 3.05) is 13.2 Å². The van der Waals surface area contributed by atoms with E-state index in [2.05, 4.69) is 5.32 Å². The second-order valence-electron chi connectivity index (χ2n) is 5.87. The molecule has 2 nitrogen and oxygen atoms in total. The van der Waals surface area contributed by atoms with Crippen molar-refractivity contribution in [3.8, 4) is 0 Å². The number of hydrogen-bond acceptors (Lipinski definition) is 2. The van der Waals surface area contributed by atoms with Crippen molar-refractivity contribution in [3.63, 3.8) is 0 Å². The van der Waals surface area contributed by atoms with Crippen LogP contribution in [-0.2, 0) is 4.74 Å². The van der Waals surface area contributed by atoms with Crippen LogP contribution in [-0.4, -0.2) is 30.5 Å². The maximum atomic E-state index is 12.1. The predicted molar refractivity (Wildman–Crippen MR) is 61.0 cm³/mol. The van der Waals surface area contributed by atoms with E-state index in [1.54, 1.807) is 0 Å². The molecular formula is C12H22F3NO. The highest BCUT2D eigenvalue weighted by atomic mass is 19.4. The van der Waals surface area contributed by atoms with Gasteiger partial charge in [-0.2, -0.15) is 13.2 Å². The minimum Gasteiger partial charge on any atom is -0.366 e. The van der Waals surface area contributed by atoms with Gasteiger partial charge in [-0.05, 0) is 53.0 Å². The lowest BCUT2D eigenvalue weighted by atomic mass is 9.77. The van der Waals surface area contributed by atoms with Gasteiger partial charge in [0, 0.05) is 5.54 Å². The molecule has 0 aliphatic heterocycles. The van der Waals surface area contributed by atoms with Crippen molar-refractivity contribution in [1.82, 2.24) is 5.32 Å². The van der Waals surface area contributed by atoms with Crippen LogP contribution >= 0.6 is 0 Å². The normalized spacial score (nSPS) is 20.1. The van der Waals surface area contributed by atoms with Crippen LogP contribution in [0.5, 0.6) is 0 Å². The van der Waals surface area contributed by atoms with Crippen molar-refractivity contribution >= 4 is 0 Å². The first-order valence-corrected chi connectivity index (χ1v) is 6.08. The standard InChI is InChI=1S/C12H22F3NO/c1-10(2,3)16-8-7-11(5-4-6-11)17-9-12(13,14)15/h16H,4-9H2,1-3H3. The second-order valence-corrected chi connectivity index (χ2v) is 5.87. The molecule has 0 atom stereocenters. The Morgan fingerprint density at radius 3 is 2.12 bits per heavy atom. The Balaban J connectivity index is 2.31. The van der Waals surface area contributed by atoms with E-state index >= 15 is 0 Å². The van der Waals surface area contributed by atoms with Crippen LogP contribution in [0.1, 0.15) is 46.5 Å². The molecule has 0 aromatic carbocycles. The third-order valence-corrected chi connectivity index (χ3v) is 3.04. The van der Waals surface area contributed by atoms with Gasteiger partial charge < -0.3 is 10.1 Å².